The van der Waals surface area contributed by atoms with Crippen LogP contribution in [0, 0.1) is 0 Å². The normalized spacial score (nSPS) is 21.4. The fourth-order valence-electron chi connectivity index (χ4n) is 5.61. The first kappa shape index (κ1) is 29.2. The predicted octanol–water partition coefficient (Wildman–Crippen LogP) is 6.72. The highest BCUT2D eigenvalue weighted by molar-refractivity contribution is 9.10. The predicted molar refractivity (Wildman–Crippen MR) is 146 cm³/mol. The standard InChI is InChI=1S/C27H29BrCl2F3N3O2/c1-16(37)35-8-5-21(6-9-35)36-10-7-25(22(15-36)17-3-4-23(29)24(30)13-17)34(2)26(38)18-11-19(27(31,32)33)14-20(28)12-18/h3-4,11-14,21-22,25H,5-10,15H2,1-2H3. The van der Waals surface area contributed by atoms with Crippen LogP contribution < -0.4 is 0 Å². The van der Waals surface area contributed by atoms with Crippen molar-refractivity contribution in [3.8, 4) is 0 Å². The van der Waals surface area contributed by atoms with E-state index in [0.29, 0.717) is 42.1 Å². The van der Waals surface area contributed by atoms with Gasteiger partial charge in [0.25, 0.3) is 5.91 Å². The quantitative estimate of drug-likeness (QED) is 0.375. The Morgan fingerprint density at radius 2 is 1.68 bits per heavy atom. The monoisotopic (exact) mass is 633 g/mol. The molecule has 0 radical (unpaired) electrons. The molecule has 38 heavy (non-hydrogen) atoms. The van der Waals surface area contributed by atoms with Gasteiger partial charge in [0.1, 0.15) is 0 Å². The van der Waals surface area contributed by atoms with Crippen molar-refractivity contribution < 1.29 is 22.8 Å². The molecule has 0 aliphatic carbocycles. The van der Waals surface area contributed by atoms with Crippen LogP contribution in [0.25, 0.3) is 0 Å². The van der Waals surface area contributed by atoms with E-state index in [4.69, 9.17) is 23.2 Å². The van der Waals surface area contributed by atoms with E-state index in [-0.39, 0.29) is 27.9 Å². The minimum atomic E-state index is -4.57. The van der Waals surface area contributed by atoms with E-state index in [2.05, 4.69) is 20.8 Å². The first-order chi connectivity index (χ1) is 17.8. The average molecular weight is 635 g/mol. The molecule has 0 saturated carbocycles. The lowest BCUT2D eigenvalue weighted by atomic mass is 9.83. The highest BCUT2D eigenvalue weighted by atomic mass is 79.9. The van der Waals surface area contributed by atoms with Crippen molar-refractivity contribution in [1.82, 2.24) is 14.7 Å². The molecule has 5 nitrogen and oxygen atoms in total. The number of carbonyl (C=O) groups is 2. The second-order valence-corrected chi connectivity index (χ2v) is 11.7. The van der Waals surface area contributed by atoms with Crippen molar-refractivity contribution >= 4 is 50.9 Å². The number of hydrogen-bond donors (Lipinski definition) is 0. The lowest BCUT2D eigenvalue weighted by Gasteiger charge is -2.47. The molecular formula is C27H29BrCl2F3N3O2. The van der Waals surface area contributed by atoms with Crippen LogP contribution in [0.1, 0.15) is 53.6 Å². The van der Waals surface area contributed by atoms with Gasteiger partial charge >= 0.3 is 6.18 Å². The number of likely N-dealkylation sites (N-methyl/N-ethyl adjacent to an activating group) is 1. The van der Waals surface area contributed by atoms with Crippen molar-refractivity contribution in [2.75, 3.05) is 33.2 Å². The second kappa shape index (κ2) is 11.7. The summed E-state index contributed by atoms with van der Waals surface area (Å²) >= 11 is 15.6. The minimum absolute atomic E-state index is 0.0267. The molecule has 2 aromatic rings. The van der Waals surface area contributed by atoms with Crippen molar-refractivity contribution in [1.29, 1.82) is 0 Å². The average Bonchev–Trinajstić information content (AvgIpc) is 2.88. The molecule has 2 saturated heterocycles. The van der Waals surface area contributed by atoms with E-state index in [9.17, 15) is 22.8 Å². The van der Waals surface area contributed by atoms with Crippen LogP contribution in [-0.4, -0.2) is 71.8 Å². The molecule has 0 aromatic heterocycles. The third-order valence-corrected chi connectivity index (χ3v) is 8.89. The van der Waals surface area contributed by atoms with Crippen LogP contribution in [0.15, 0.2) is 40.9 Å². The summed E-state index contributed by atoms with van der Waals surface area (Å²) < 4.78 is 40.4. The van der Waals surface area contributed by atoms with Crippen LogP contribution in [0.3, 0.4) is 0 Å². The minimum Gasteiger partial charge on any atom is -0.343 e. The number of halogens is 6. The summed E-state index contributed by atoms with van der Waals surface area (Å²) in [4.78, 5) is 31.1. The first-order valence-electron chi connectivity index (χ1n) is 12.4. The van der Waals surface area contributed by atoms with Gasteiger partial charge in [-0.2, -0.15) is 13.2 Å². The topological polar surface area (TPSA) is 43.9 Å². The fourth-order valence-corrected chi connectivity index (χ4v) is 6.41. The molecule has 2 aliphatic heterocycles. The Bertz CT molecular complexity index is 1200. The number of piperidine rings is 2. The highest BCUT2D eigenvalue weighted by Gasteiger charge is 2.39. The van der Waals surface area contributed by atoms with Gasteiger partial charge in [-0.25, -0.2) is 0 Å². The first-order valence-corrected chi connectivity index (χ1v) is 14.0. The van der Waals surface area contributed by atoms with Crippen molar-refractivity contribution in [2.45, 2.75) is 50.4 Å². The number of amides is 2. The van der Waals surface area contributed by atoms with Crippen molar-refractivity contribution in [2.24, 2.45) is 0 Å². The zero-order valence-corrected chi connectivity index (χ0v) is 24.2. The van der Waals surface area contributed by atoms with Crippen LogP contribution in [0.5, 0.6) is 0 Å². The van der Waals surface area contributed by atoms with Crippen LogP contribution in [0.4, 0.5) is 13.2 Å². The fraction of sp³-hybridized carbons (Fsp3) is 0.481. The molecule has 0 N–H and O–H groups in total. The van der Waals surface area contributed by atoms with E-state index in [1.807, 2.05) is 17.0 Å². The Kier molecular flexibility index (Phi) is 9.02. The van der Waals surface area contributed by atoms with Crippen molar-refractivity contribution in [3.63, 3.8) is 0 Å². The van der Waals surface area contributed by atoms with E-state index in [1.54, 1.807) is 24.9 Å². The van der Waals surface area contributed by atoms with Gasteiger partial charge in [0.05, 0.1) is 15.6 Å². The smallest absolute Gasteiger partial charge is 0.343 e. The number of likely N-dealkylation sites (tertiary alicyclic amines) is 2. The third kappa shape index (κ3) is 6.49. The molecule has 2 heterocycles. The van der Waals surface area contributed by atoms with Gasteiger partial charge < -0.3 is 9.80 Å². The summed E-state index contributed by atoms with van der Waals surface area (Å²) in [6.07, 6.45) is -2.19. The molecule has 0 bridgehead atoms. The number of carbonyl (C=O) groups excluding carboxylic acids is 2. The lowest BCUT2D eigenvalue weighted by Crippen LogP contribution is -2.55. The lowest BCUT2D eigenvalue weighted by molar-refractivity contribution is -0.137. The molecule has 2 amide bonds. The van der Waals surface area contributed by atoms with E-state index in [1.165, 1.54) is 6.07 Å². The summed E-state index contributed by atoms with van der Waals surface area (Å²) in [5, 5.41) is 0.833. The summed E-state index contributed by atoms with van der Waals surface area (Å²) in [6, 6.07) is 8.75. The molecule has 0 spiro atoms. The zero-order valence-electron chi connectivity index (χ0n) is 21.1. The van der Waals surface area contributed by atoms with Gasteiger partial charge in [0.2, 0.25) is 5.91 Å². The maximum absolute atomic E-state index is 13.5. The van der Waals surface area contributed by atoms with Gasteiger partial charge in [0, 0.05) is 68.2 Å². The van der Waals surface area contributed by atoms with Gasteiger partial charge in [-0.05, 0) is 55.2 Å². The Labute approximate surface area is 239 Å². The summed E-state index contributed by atoms with van der Waals surface area (Å²) in [5.74, 6) is -0.528. The zero-order chi connectivity index (χ0) is 27.8. The van der Waals surface area contributed by atoms with Gasteiger partial charge in [-0.1, -0.05) is 45.2 Å². The Balaban J connectivity index is 1.60. The van der Waals surface area contributed by atoms with E-state index in [0.717, 1.165) is 37.1 Å². The van der Waals surface area contributed by atoms with Crippen LogP contribution >= 0.6 is 39.1 Å². The molecule has 2 aliphatic rings. The number of nitrogens with zero attached hydrogens (tertiary/aromatic N) is 3. The third-order valence-electron chi connectivity index (χ3n) is 7.70. The maximum atomic E-state index is 13.5. The highest BCUT2D eigenvalue weighted by Crippen LogP contribution is 2.37. The molecule has 2 unspecified atom stereocenters. The van der Waals surface area contributed by atoms with E-state index >= 15 is 0 Å². The summed E-state index contributed by atoms with van der Waals surface area (Å²) in [6.45, 7) is 4.39. The molecule has 2 fully saturated rings. The maximum Gasteiger partial charge on any atom is 0.416 e. The number of rotatable bonds is 4. The molecule has 2 atom stereocenters. The SMILES string of the molecule is CC(=O)N1CCC(N2CCC(N(C)C(=O)c3cc(Br)cc(C(F)(F)F)c3)C(c3ccc(Cl)c(Cl)c3)C2)CC1. The largest absolute Gasteiger partial charge is 0.416 e. The summed E-state index contributed by atoms with van der Waals surface area (Å²) in [7, 11) is 1.65. The van der Waals surface area contributed by atoms with Crippen LogP contribution in [0.2, 0.25) is 10.0 Å². The van der Waals surface area contributed by atoms with Crippen molar-refractivity contribution in [3.05, 3.63) is 67.6 Å². The summed E-state index contributed by atoms with van der Waals surface area (Å²) in [5.41, 5.74) is 0.0117. The van der Waals surface area contributed by atoms with Gasteiger partial charge in [0.15, 0.2) is 0 Å². The Morgan fingerprint density at radius 1 is 1.00 bits per heavy atom. The molecule has 206 valence electrons. The number of hydrogen-bond acceptors (Lipinski definition) is 3. The Morgan fingerprint density at radius 3 is 2.29 bits per heavy atom. The molecule has 4 rings (SSSR count). The Hall–Kier alpha value is -1.81. The van der Waals surface area contributed by atoms with Crippen LogP contribution in [-0.2, 0) is 11.0 Å². The second-order valence-electron chi connectivity index (χ2n) is 10.0. The molecular weight excluding hydrogens is 606 g/mol. The molecule has 11 heteroatoms. The number of benzene rings is 2. The van der Waals surface area contributed by atoms with E-state index < -0.39 is 17.6 Å². The van der Waals surface area contributed by atoms with Gasteiger partial charge in [-0.3, -0.25) is 14.5 Å². The molecule has 2 aromatic carbocycles. The number of alkyl halides is 3. The van der Waals surface area contributed by atoms with Gasteiger partial charge in [-0.15, -0.1) is 0 Å².